The second kappa shape index (κ2) is 6.89. The SMILES string of the molecule is C1=Cc2c(ccc3ccccc23)CC1.c1ccc2c(c1)Cc1ccccc1-2. The molecular weight excluding hydrogens is 324 g/mol. The van der Waals surface area contributed by atoms with E-state index in [-0.39, 0.29) is 0 Å². The van der Waals surface area contributed by atoms with Gasteiger partial charge < -0.3 is 0 Å². The first kappa shape index (κ1) is 16.1. The molecule has 4 aromatic rings. The molecule has 0 unspecified atom stereocenters. The lowest BCUT2D eigenvalue weighted by molar-refractivity contribution is 0.990. The van der Waals surface area contributed by atoms with Crippen molar-refractivity contribution in [1.82, 2.24) is 0 Å². The third kappa shape index (κ3) is 2.98. The zero-order chi connectivity index (χ0) is 18.1. The molecule has 0 radical (unpaired) electrons. The molecule has 2 aliphatic rings. The third-order valence-electron chi connectivity index (χ3n) is 5.63. The van der Waals surface area contributed by atoms with Crippen LogP contribution in [0.4, 0.5) is 0 Å². The van der Waals surface area contributed by atoms with Crippen LogP contribution >= 0.6 is 0 Å². The molecule has 27 heavy (non-hydrogen) atoms. The Hall–Kier alpha value is -3.12. The van der Waals surface area contributed by atoms with Crippen molar-refractivity contribution in [3.63, 3.8) is 0 Å². The van der Waals surface area contributed by atoms with Crippen molar-refractivity contribution >= 4 is 16.8 Å². The van der Waals surface area contributed by atoms with E-state index in [4.69, 9.17) is 0 Å². The van der Waals surface area contributed by atoms with Gasteiger partial charge in [-0.1, -0.05) is 97.1 Å². The summed E-state index contributed by atoms with van der Waals surface area (Å²) >= 11 is 0. The number of allylic oxidation sites excluding steroid dienone is 1. The van der Waals surface area contributed by atoms with E-state index in [1.807, 2.05) is 0 Å². The molecule has 0 nitrogen and oxygen atoms in total. The Kier molecular flexibility index (Phi) is 4.10. The number of fused-ring (bicyclic) bond motifs is 6. The van der Waals surface area contributed by atoms with Gasteiger partial charge >= 0.3 is 0 Å². The molecular formula is C27H22. The minimum atomic E-state index is 1.10. The number of benzene rings is 4. The largest absolute Gasteiger partial charge is 0.0836 e. The van der Waals surface area contributed by atoms with Crippen LogP contribution in [0.3, 0.4) is 0 Å². The smallest absolute Gasteiger partial charge is 0.00135 e. The molecule has 0 saturated heterocycles. The third-order valence-corrected chi connectivity index (χ3v) is 5.63. The number of hydrogen-bond donors (Lipinski definition) is 0. The predicted molar refractivity (Wildman–Crippen MR) is 116 cm³/mol. The van der Waals surface area contributed by atoms with Gasteiger partial charge in [-0.2, -0.15) is 0 Å². The van der Waals surface area contributed by atoms with E-state index in [0.29, 0.717) is 0 Å². The lowest BCUT2D eigenvalue weighted by Gasteiger charge is -2.12. The van der Waals surface area contributed by atoms with Gasteiger partial charge in [0.05, 0.1) is 0 Å². The highest BCUT2D eigenvalue weighted by Gasteiger charge is 2.15. The minimum Gasteiger partial charge on any atom is -0.0836 e. The van der Waals surface area contributed by atoms with Crippen LogP contribution in [0.15, 0.2) is 91.0 Å². The van der Waals surface area contributed by atoms with Gasteiger partial charge in [-0.05, 0) is 63.4 Å². The van der Waals surface area contributed by atoms with Gasteiger partial charge in [0, 0.05) is 0 Å². The van der Waals surface area contributed by atoms with Crippen LogP contribution in [0.2, 0.25) is 0 Å². The first-order valence-corrected chi connectivity index (χ1v) is 9.73. The lowest BCUT2D eigenvalue weighted by atomic mass is 9.92. The van der Waals surface area contributed by atoms with Crippen molar-refractivity contribution in [2.24, 2.45) is 0 Å². The van der Waals surface area contributed by atoms with E-state index < -0.39 is 0 Å². The normalized spacial score (nSPS) is 13.3. The fourth-order valence-corrected chi connectivity index (χ4v) is 4.28. The zero-order valence-corrected chi connectivity index (χ0v) is 15.4. The molecule has 0 aromatic heterocycles. The Morgan fingerprint density at radius 1 is 0.556 bits per heavy atom. The molecule has 0 fully saturated rings. The van der Waals surface area contributed by atoms with Gasteiger partial charge in [0.1, 0.15) is 0 Å². The maximum absolute atomic E-state index is 2.27. The van der Waals surface area contributed by atoms with Gasteiger partial charge in [-0.15, -0.1) is 0 Å². The summed E-state index contributed by atoms with van der Waals surface area (Å²) in [6.45, 7) is 0. The van der Waals surface area contributed by atoms with Gasteiger partial charge in [-0.25, -0.2) is 0 Å². The fraction of sp³-hybridized carbons (Fsp3) is 0.111. The van der Waals surface area contributed by atoms with Crippen LogP contribution in [-0.4, -0.2) is 0 Å². The van der Waals surface area contributed by atoms with Gasteiger partial charge in [0.25, 0.3) is 0 Å². The zero-order valence-electron chi connectivity index (χ0n) is 15.4. The highest BCUT2D eigenvalue weighted by Crippen LogP contribution is 2.35. The van der Waals surface area contributed by atoms with Gasteiger partial charge in [0.15, 0.2) is 0 Å². The summed E-state index contributed by atoms with van der Waals surface area (Å²) in [6, 6.07) is 30.4. The summed E-state index contributed by atoms with van der Waals surface area (Å²) in [5.74, 6) is 0. The van der Waals surface area contributed by atoms with E-state index >= 15 is 0 Å². The molecule has 0 atom stereocenters. The second-order valence-corrected chi connectivity index (χ2v) is 7.29. The molecule has 0 N–H and O–H groups in total. The van der Waals surface area contributed by atoms with E-state index in [1.165, 1.54) is 57.0 Å². The maximum atomic E-state index is 2.27. The van der Waals surface area contributed by atoms with Crippen molar-refractivity contribution in [3.05, 3.63) is 113 Å². The average molecular weight is 346 g/mol. The fourth-order valence-electron chi connectivity index (χ4n) is 4.28. The van der Waals surface area contributed by atoms with Gasteiger partial charge in [-0.3, -0.25) is 0 Å². The predicted octanol–water partition coefficient (Wildman–Crippen LogP) is 7.06. The highest BCUT2D eigenvalue weighted by molar-refractivity contribution is 5.92. The Labute approximate surface area is 160 Å². The Balaban J connectivity index is 0.000000119. The quantitative estimate of drug-likeness (QED) is 0.282. The molecule has 0 amide bonds. The van der Waals surface area contributed by atoms with Crippen LogP contribution in [-0.2, 0) is 12.8 Å². The molecule has 0 bridgehead atoms. The molecule has 0 saturated carbocycles. The van der Waals surface area contributed by atoms with Crippen LogP contribution in [0.25, 0.3) is 28.0 Å². The molecule has 0 heteroatoms. The number of hydrogen-bond acceptors (Lipinski definition) is 0. The first-order chi connectivity index (χ1) is 13.4. The standard InChI is InChI=1S/C14H12.C13H10/c1-3-7-13-11(5-1)9-10-12-6-2-4-8-14(12)13;1-3-7-12-10(5-1)9-11-6-2-4-8-13(11)12/h1,3-5,7-10H,2,6H2;1-8H,9H2. The number of rotatable bonds is 0. The van der Waals surface area contributed by atoms with Crippen molar-refractivity contribution in [2.45, 2.75) is 19.3 Å². The van der Waals surface area contributed by atoms with E-state index in [2.05, 4.69) is 97.1 Å². The van der Waals surface area contributed by atoms with Crippen molar-refractivity contribution < 1.29 is 0 Å². The summed E-state index contributed by atoms with van der Waals surface area (Å²) in [5.41, 5.74) is 8.67. The summed E-state index contributed by atoms with van der Waals surface area (Å²) in [6.07, 6.45) is 8.02. The van der Waals surface area contributed by atoms with Crippen molar-refractivity contribution in [3.8, 4) is 11.1 Å². The summed E-state index contributed by atoms with van der Waals surface area (Å²) < 4.78 is 0. The molecule has 130 valence electrons. The maximum Gasteiger partial charge on any atom is -0.00135 e. The molecule has 6 rings (SSSR count). The first-order valence-electron chi connectivity index (χ1n) is 9.73. The molecule has 2 aliphatic carbocycles. The molecule has 0 heterocycles. The van der Waals surface area contributed by atoms with E-state index in [9.17, 15) is 0 Å². The number of aryl methyl sites for hydroxylation is 1. The van der Waals surface area contributed by atoms with E-state index in [0.717, 1.165) is 6.42 Å². The topological polar surface area (TPSA) is 0 Å². The van der Waals surface area contributed by atoms with Crippen LogP contribution in [0, 0.1) is 0 Å². The average Bonchev–Trinajstić information content (AvgIpc) is 3.13. The van der Waals surface area contributed by atoms with Crippen LogP contribution in [0.1, 0.15) is 28.7 Å². The van der Waals surface area contributed by atoms with Gasteiger partial charge in [0.2, 0.25) is 0 Å². The van der Waals surface area contributed by atoms with Crippen LogP contribution < -0.4 is 0 Å². The van der Waals surface area contributed by atoms with Crippen molar-refractivity contribution in [1.29, 1.82) is 0 Å². The summed E-state index contributed by atoms with van der Waals surface area (Å²) in [5, 5.41) is 2.73. The van der Waals surface area contributed by atoms with Crippen molar-refractivity contribution in [2.75, 3.05) is 0 Å². The lowest BCUT2D eigenvalue weighted by Crippen LogP contribution is -1.94. The highest BCUT2D eigenvalue weighted by atomic mass is 14.2. The van der Waals surface area contributed by atoms with E-state index in [1.54, 1.807) is 0 Å². The summed E-state index contributed by atoms with van der Waals surface area (Å²) in [7, 11) is 0. The monoisotopic (exact) mass is 346 g/mol. The summed E-state index contributed by atoms with van der Waals surface area (Å²) in [4.78, 5) is 0. The molecule has 0 spiro atoms. The van der Waals surface area contributed by atoms with Crippen LogP contribution in [0.5, 0.6) is 0 Å². The molecule has 4 aromatic carbocycles. The Morgan fingerprint density at radius 3 is 2.00 bits per heavy atom. The second-order valence-electron chi connectivity index (χ2n) is 7.29. The molecule has 0 aliphatic heterocycles. The Bertz CT molecular complexity index is 1100. The Morgan fingerprint density at radius 2 is 1.22 bits per heavy atom. The minimum absolute atomic E-state index is 1.10.